The molecule has 2 heterocycles. The highest BCUT2D eigenvalue weighted by atomic mass is 32.1. The minimum atomic E-state index is -0.0882. The molecular formula is C25H21N3OS. The van der Waals surface area contributed by atoms with Gasteiger partial charge in [-0.25, -0.2) is 4.98 Å². The predicted octanol–water partition coefficient (Wildman–Crippen LogP) is 5.66. The van der Waals surface area contributed by atoms with E-state index >= 15 is 0 Å². The average molecular weight is 412 g/mol. The van der Waals surface area contributed by atoms with E-state index in [1.165, 1.54) is 27.7 Å². The highest BCUT2D eigenvalue weighted by Crippen LogP contribution is 2.30. The lowest BCUT2D eigenvalue weighted by atomic mass is 10.00. The summed E-state index contributed by atoms with van der Waals surface area (Å²) in [6, 6.07) is 24.8. The summed E-state index contributed by atoms with van der Waals surface area (Å²) in [4.78, 5) is 21.3. The number of hydrogen-bond donors (Lipinski definition) is 2. The molecule has 2 aromatic heterocycles. The summed E-state index contributed by atoms with van der Waals surface area (Å²) in [5.74, 6) is 0.654. The molecule has 0 radical (unpaired) electrons. The van der Waals surface area contributed by atoms with Crippen molar-refractivity contribution in [3.05, 3.63) is 99.9 Å². The fourth-order valence-electron chi connectivity index (χ4n) is 3.90. The lowest BCUT2D eigenvalue weighted by Crippen LogP contribution is -2.22. The predicted molar refractivity (Wildman–Crippen MR) is 125 cm³/mol. The van der Waals surface area contributed by atoms with Gasteiger partial charge < -0.3 is 10.3 Å². The summed E-state index contributed by atoms with van der Waals surface area (Å²) in [5, 5.41) is 8.65. The Morgan fingerprint density at radius 2 is 1.77 bits per heavy atom. The average Bonchev–Trinajstić information content (AvgIpc) is 3.22. The number of nitrogens with zero attached hydrogens (tertiary/aromatic N) is 1. The summed E-state index contributed by atoms with van der Waals surface area (Å²) < 4.78 is 0. The highest BCUT2D eigenvalue weighted by molar-refractivity contribution is 7.17. The molecule has 0 saturated carbocycles. The van der Waals surface area contributed by atoms with Crippen LogP contribution in [0.15, 0.2) is 83.0 Å². The van der Waals surface area contributed by atoms with Crippen molar-refractivity contribution < 1.29 is 0 Å². The van der Waals surface area contributed by atoms with E-state index in [0.29, 0.717) is 17.8 Å². The maximum Gasteiger partial charge on any atom is 0.260 e. The Hall–Kier alpha value is -3.28. The Labute approximate surface area is 178 Å². The molecule has 5 heteroatoms. The van der Waals surface area contributed by atoms with Crippen LogP contribution in [-0.4, -0.2) is 9.97 Å². The molecule has 30 heavy (non-hydrogen) atoms. The molecule has 0 spiro atoms. The van der Waals surface area contributed by atoms with Gasteiger partial charge in [-0.15, -0.1) is 11.3 Å². The zero-order chi connectivity index (χ0) is 20.5. The van der Waals surface area contributed by atoms with E-state index in [1.807, 2.05) is 35.7 Å². The molecular weight excluding hydrogens is 390 g/mol. The molecule has 0 aliphatic carbocycles. The van der Waals surface area contributed by atoms with Crippen LogP contribution >= 0.6 is 11.3 Å². The van der Waals surface area contributed by atoms with Crippen LogP contribution in [0, 0.1) is 0 Å². The third-order valence-corrected chi connectivity index (χ3v) is 6.32. The van der Waals surface area contributed by atoms with Crippen molar-refractivity contribution >= 4 is 32.3 Å². The summed E-state index contributed by atoms with van der Waals surface area (Å²) in [6.07, 6.45) is 0. The van der Waals surface area contributed by atoms with Crippen molar-refractivity contribution in [1.82, 2.24) is 15.3 Å². The van der Waals surface area contributed by atoms with Gasteiger partial charge in [0.1, 0.15) is 10.7 Å². The van der Waals surface area contributed by atoms with Crippen molar-refractivity contribution in [3.63, 3.8) is 0 Å². The Bertz CT molecular complexity index is 1380. The minimum absolute atomic E-state index is 0.0882. The normalized spacial score (nSPS) is 12.4. The van der Waals surface area contributed by atoms with Crippen molar-refractivity contribution in [2.45, 2.75) is 19.5 Å². The van der Waals surface area contributed by atoms with Gasteiger partial charge in [0.15, 0.2) is 0 Å². The van der Waals surface area contributed by atoms with Gasteiger partial charge in [-0.3, -0.25) is 4.79 Å². The Morgan fingerprint density at radius 1 is 1.00 bits per heavy atom. The molecule has 0 fully saturated rings. The third-order valence-electron chi connectivity index (χ3n) is 5.44. The second-order valence-corrected chi connectivity index (χ2v) is 8.24. The SMILES string of the molecule is C[C@@H](NCc1nc2scc(-c3ccccc3)c2c(=O)[nH]1)c1cccc2ccccc12. The van der Waals surface area contributed by atoms with Gasteiger partial charge in [0.2, 0.25) is 0 Å². The molecule has 3 aromatic carbocycles. The molecule has 0 bridgehead atoms. The maximum atomic E-state index is 12.8. The smallest absolute Gasteiger partial charge is 0.260 e. The number of hydrogen-bond acceptors (Lipinski definition) is 4. The molecule has 0 saturated heterocycles. The first-order valence-electron chi connectivity index (χ1n) is 9.97. The van der Waals surface area contributed by atoms with Crippen molar-refractivity contribution in [3.8, 4) is 11.1 Å². The number of nitrogens with one attached hydrogen (secondary N) is 2. The van der Waals surface area contributed by atoms with E-state index in [-0.39, 0.29) is 11.6 Å². The number of aromatic nitrogens is 2. The van der Waals surface area contributed by atoms with E-state index in [2.05, 4.69) is 59.7 Å². The van der Waals surface area contributed by atoms with Crippen LogP contribution in [0.3, 0.4) is 0 Å². The first-order chi connectivity index (χ1) is 14.7. The monoisotopic (exact) mass is 411 g/mol. The summed E-state index contributed by atoms with van der Waals surface area (Å²) in [5.41, 5.74) is 3.12. The topological polar surface area (TPSA) is 57.8 Å². The van der Waals surface area contributed by atoms with Crippen LogP contribution in [0.25, 0.3) is 32.1 Å². The Morgan fingerprint density at radius 3 is 2.63 bits per heavy atom. The fourth-order valence-corrected chi connectivity index (χ4v) is 4.86. The van der Waals surface area contributed by atoms with E-state index < -0.39 is 0 Å². The number of benzene rings is 3. The van der Waals surface area contributed by atoms with E-state index in [1.54, 1.807) is 0 Å². The van der Waals surface area contributed by atoms with E-state index in [0.717, 1.165) is 16.0 Å². The molecule has 0 aliphatic rings. The largest absolute Gasteiger partial charge is 0.309 e. The van der Waals surface area contributed by atoms with Crippen LogP contribution in [0.5, 0.6) is 0 Å². The number of rotatable bonds is 5. The van der Waals surface area contributed by atoms with Crippen LogP contribution in [0.2, 0.25) is 0 Å². The van der Waals surface area contributed by atoms with Gasteiger partial charge >= 0.3 is 0 Å². The lowest BCUT2D eigenvalue weighted by molar-refractivity contribution is 0.563. The molecule has 5 rings (SSSR count). The minimum Gasteiger partial charge on any atom is -0.309 e. The molecule has 5 aromatic rings. The van der Waals surface area contributed by atoms with Gasteiger partial charge in [-0.05, 0) is 28.8 Å². The quantitative estimate of drug-likeness (QED) is 0.393. The first-order valence-corrected chi connectivity index (χ1v) is 10.9. The number of thiophene rings is 1. The van der Waals surface area contributed by atoms with Crippen LogP contribution in [0.4, 0.5) is 0 Å². The zero-order valence-corrected chi connectivity index (χ0v) is 17.4. The molecule has 2 N–H and O–H groups in total. The summed E-state index contributed by atoms with van der Waals surface area (Å²) in [6.45, 7) is 2.63. The molecule has 1 atom stereocenters. The van der Waals surface area contributed by atoms with E-state index in [4.69, 9.17) is 4.98 Å². The van der Waals surface area contributed by atoms with Gasteiger partial charge in [0, 0.05) is 17.0 Å². The highest BCUT2D eigenvalue weighted by Gasteiger charge is 2.14. The summed E-state index contributed by atoms with van der Waals surface area (Å²) in [7, 11) is 0. The number of H-pyrrole nitrogens is 1. The molecule has 0 aliphatic heterocycles. The fraction of sp³-hybridized carbons (Fsp3) is 0.120. The number of fused-ring (bicyclic) bond motifs is 2. The molecule has 0 amide bonds. The van der Waals surface area contributed by atoms with E-state index in [9.17, 15) is 4.79 Å². The number of aromatic amines is 1. The Kier molecular flexibility index (Phi) is 4.91. The van der Waals surface area contributed by atoms with Gasteiger partial charge in [-0.2, -0.15) is 0 Å². The van der Waals surface area contributed by atoms with Crippen molar-refractivity contribution in [2.24, 2.45) is 0 Å². The van der Waals surface area contributed by atoms with Gasteiger partial charge in [0.25, 0.3) is 5.56 Å². The second-order valence-electron chi connectivity index (χ2n) is 7.38. The van der Waals surface area contributed by atoms with Gasteiger partial charge in [0.05, 0.1) is 11.9 Å². The molecule has 148 valence electrons. The molecule has 0 unspecified atom stereocenters. The standard InChI is InChI=1S/C25H21N3OS/c1-16(19-13-7-11-17-10-5-6-12-20(17)19)26-14-22-27-24(29)23-21(15-30-25(23)28-22)18-8-3-2-4-9-18/h2-13,15-16,26H,14H2,1H3,(H,27,28,29)/t16-/m1/s1. The maximum absolute atomic E-state index is 12.8. The first kappa shape index (κ1) is 18.7. The van der Waals surface area contributed by atoms with Crippen molar-refractivity contribution in [1.29, 1.82) is 0 Å². The van der Waals surface area contributed by atoms with Gasteiger partial charge in [-0.1, -0.05) is 72.8 Å². The molecule has 4 nitrogen and oxygen atoms in total. The zero-order valence-electron chi connectivity index (χ0n) is 16.6. The third kappa shape index (κ3) is 3.43. The Balaban J connectivity index is 1.42. The van der Waals surface area contributed by atoms with Crippen LogP contribution < -0.4 is 10.9 Å². The van der Waals surface area contributed by atoms with Crippen molar-refractivity contribution in [2.75, 3.05) is 0 Å². The van der Waals surface area contributed by atoms with Crippen LogP contribution in [-0.2, 0) is 6.54 Å². The lowest BCUT2D eigenvalue weighted by Gasteiger charge is -2.16. The summed E-state index contributed by atoms with van der Waals surface area (Å²) >= 11 is 1.51. The van der Waals surface area contributed by atoms with Crippen LogP contribution in [0.1, 0.15) is 24.4 Å². The second kappa shape index (κ2) is 7.86.